The van der Waals surface area contributed by atoms with Crippen molar-refractivity contribution in [1.29, 1.82) is 0 Å². The normalized spacial score (nSPS) is 12.5. The SMILES string of the molecule is CCO[Si](CC)(NC(C)C)OCC. The van der Waals surface area contributed by atoms with Gasteiger partial charge in [-0.15, -0.1) is 0 Å². The lowest BCUT2D eigenvalue weighted by Crippen LogP contribution is -2.58. The van der Waals surface area contributed by atoms with Crippen molar-refractivity contribution in [2.24, 2.45) is 0 Å². The summed E-state index contributed by atoms with van der Waals surface area (Å²) < 4.78 is 11.5. The first kappa shape index (κ1) is 13.1. The first-order valence-corrected chi connectivity index (χ1v) is 7.18. The molecule has 80 valence electrons. The molecule has 4 heteroatoms. The van der Waals surface area contributed by atoms with E-state index in [0.717, 1.165) is 19.3 Å². The van der Waals surface area contributed by atoms with Gasteiger partial charge in [-0.1, -0.05) is 20.8 Å². The van der Waals surface area contributed by atoms with Crippen molar-refractivity contribution in [3.8, 4) is 0 Å². The van der Waals surface area contributed by atoms with E-state index >= 15 is 0 Å². The van der Waals surface area contributed by atoms with Crippen LogP contribution in [-0.4, -0.2) is 28.0 Å². The predicted molar refractivity (Wildman–Crippen MR) is 57.8 cm³/mol. The molecule has 0 aromatic rings. The van der Waals surface area contributed by atoms with Crippen LogP contribution in [0.25, 0.3) is 0 Å². The van der Waals surface area contributed by atoms with Crippen molar-refractivity contribution in [3.05, 3.63) is 0 Å². The van der Waals surface area contributed by atoms with Gasteiger partial charge in [-0.2, -0.15) is 0 Å². The van der Waals surface area contributed by atoms with Gasteiger partial charge in [0.25, 0.3) is 0 Å². The van der Waals surface area contributed by atoms with E-state index in [1.807, 2.05) is 13.8 Å². The van der Waals surface area contributed by atoms with Crippen LogP contribution in [0, 0.1) is 0 Å². The fraction of sp³-hybridized carbons (Fsp3) is 1.00. The third-order valence-electron chi connectivity index (χ3n) is 1.73. The second-order valence-corrected chi connectivity index (χ2v) is 6.35. The molecule has 0 radical (unpaired) electrons. The van der Waals surface area contributed by atoms with Crippen molar-refractivity contribution >= 4 is 8.72 Å². The topological polar surface area (TPSA) is 30.5 Å². The summed E-state index contributed by atoms with van der Waals surface area (Å²) in [5, 5.41) is 0. The van der Waals surface area contributed by atoms with Gasteiger partial charge in [0.1, 0.15) is 0 Å². The molecule has 0 bridgehead atoms. The summed E-state index contributed by atoms with van der Waals surface area (Å²) in [6, 6.07) is 1.37. The number of hydrogen-bond acceptors (Lipinski definition) is 3. The zero-order valence-corrected chi connectivity index (χ0v) is 10.5. The van der Waals surface area contributed by atoms with Gasteiger partial charge in [-0.05, 0) is 19.9 Å². The Balaban J connectivity index is 4.24. The van der Waals surface area contributed by atoms with Crippen LogP contribution in [0.2, 0.25) is 6.04 Å². The van der Waals surface area contributed by atoms with Crippen LogP contribution in [0.3, 0.4) is 0 Å². The lowest BCUT2D eigenvalue weighted by Gasteiger charge is -2.31. The molecule has 0 aliphatic heterocycles. The molecule has 3 nitrogen and oxygen atoms in total. The van der Waals surface area contributed by atoms with Crippen molar-refractivity contribution in [3.63, 3.8) is 0 Å². The minimum atomic E-state index is -2.08. The third-order valence-corrected chi connectivity index (χ3v) is 5.19. The molecule has 13 heavy (non-hydrogen) atoms. The van der Waals surface area contributed by atoms with Crippen molar-refractivity contribution < 1.29 is 8.85 Å². The molecule has 0 fully saturated rings. The second-order valence-electron chi connectivity index (χ2n) is 3.27. The van der Waals surface area contributed by atoms with E-state index < -0.39 is 8.72 Å². The highest BCUT2D eigenvalue weighted by Crippen LogP contribution is 2.10. The Bertz CT molecular complexity index is 125. The van der Waals surface area contributed by atoms with Crippen LogP contribution in [0.5, 0.6) is 0 Å². The minimum absolute atomic E-state index is 0.421. The summed E-state index contributed by atoms with van der Waals surface area (Å²) in [5.74, 6) is 0. The largest absolute Gasteiger partial charge is 0.424 e. The Morgan fingerprint density at radius 2 is 1.54 bits per heavy atom. The van der Waals surface area contributed by atoms with Gasteiger partial charge in [0.05, 0.1) is 0 Å². The molecular formula is C9H23NO2Si. The smallest absolute Gasteiger partial charge is 0.383 e. The average molecular weight is 205 g/mol. The molecule has 0 rings (SSSR count). The van der Waals surface area contributed by atoms with Gasteiger partial charge in [0.2, 0.25) is 0 Å². The minimum Gasteiger partial charge on any atom is -0.383 e. The zero-order valence-electron chi connectivity index (χ0n) is 9.52. The monoisotopic (exact) mass is 205 g/mol. The number of hydrogen-bond donors (Lipinski definition) is 1. The Kier molecular flexibility index (Phi) is 6.58. The van der Waals surface area contributed by atoms with Crippen LogP contribution >= 0.6 is 0 Å². The van der Waals surface area contributed by atoms with E-state index in [9.17, 15) is 0 Å². The molecule has 0 aromatic heterocycles. The molecular weight excluding hydrogens is 182 g/mol. The zero-order chi connectivity index (χ0) is 10.3. The van der Waals surface area contributed by atoms with Crippen molar-refractivity contribution in [2.75, 3.05) is 13.2 Å². The Hall–Kier alpha value is 0.0969. The predicted octanol–water partition coefficient (Wildman–Crippen LogP) is 2.02. The summed E-state index contributed by atoms with van der Waals surface area (Å²) in [6.07, 6.45) is 0. The number of nitrogens with one attached hydrogen (secondary N) is 1. The van der Waals surface area contributed by atoms with Crippen LogP contribution in [0.1, 0.15) is 34.6 Å². The van der Waals surface area contributed by atoms with Gasteiger partial charge < -0.3 is 8.85 Å². The van der Waals surface area contributed by atoms with E-state index in [2.05, 4.69) is 25.8 Å². The van der Waals surface area contributed by atoms with Crippen LogP contribution in [-0.2, 0) is 8.85 Å². The molecule has 0 saturated carbocycles. The van der Waals surface area contributed by atoms with Gasteiger partial charge in [-0.25, -0.2) is 0 Å². The highest BCUT2D eigenvalue weighted by molar-refractivity contribution is 6.64. The van der Waals surface area contributed by atoms with Crippen molar-refractivity contribution in [2.45, 2.75) is 46.7 Å². The van der Waals surface area contributed by atoms with E-state index in [0.29, 0.717) is 6.04 Å². The number of rotatable bonds is 7. The Morgan fingerprint density at radius 1 is 1.08 bits per heavy atom. The summed E-state index contributed by atoms with van der Waals surface area (Å²) in [7, 11) is -2.08. The van der Waals surface area contributed by atoms with E-state index in [-0.39, 0.29) is 0 Å². The molecule has 0 aromatic carbocycles. The maximum absolute atomic E-state index is 5.74. The quantitative estimate of drug-likeness (QED) is 0.645. The fourth-order valence-electron chi connectivity index (χ4n) is 1.34. The lowest BCUT2D eigenvalue weighted by atomic mass is 10.4. The van der Waals surface area contributed by atoms with Crippen molar-refractivity contribution in [1.82, 2.24) is 4.98 Å². The summed E-state index contributed by atoms with van der Waals surface area (Å²) >= 11 is 0. The fourth-order valence-corrected chi connectivity index (χ4v) is 4.01. The Labute approximate surface area is 83.1 Å². The maximum atomic E-state index is 5.74. The van der Waals surface area contributed by atoms with Gasteiger partial charge in [0, 0.05) is 19.3 Å². The summed E-state index contributed by atoms with van der Waals surface area (Å²) in [6.45, 7) is 11.8. The molecule has 0 amide bonds. The highest BCUT2D eigenvalue weighted by atomic mass is 28.4. The molecule has 0 atom stereocenters. The molecule has 0 aliphatic rings. The Morgan fingerprint density at radius 3 is 1.77 bits per heavy atom. The molecule has 0 spiro atoms. The average Bonchev–Trinajstić information content (AvgIpc) is 2.04. The molecule has 0 heterocycles. The van der Waals surface area contributed by atoms with Gasteiger partial charge >= 0.3 is 8.72 Å². The van der Waals surface area contributed by atoms with Crippen LogP contribution < -0.4 is 4.98 Å². The lowest BCUT2D eigenvalue weighted by molar-refractivity contribution is 0.169. The van der Waals surface area contributed by atoms with Gasteiger partial charge in [0.15, 0.2) is 0 Å². The third kappa shape index (κ3) is 4.76. The molecule has 0 saturated heterocycles. The molecule has 1 N–H and O–H groups in total. The summed E-state index contributed by atoms with van der Waals surface area (Å²) in [4.78, 5) is 3.44. The van der Waals surface area contributed by atoms with Gasteiger partial charge in [-0.3, -0.25) is 4.98 Å². The highest BCUT2D eigenvalue weighted by Gasteiger charge is 2.36. The molecule has 0 aliphatic carbocycles. The molecule has 0 unspecified atom stereocenters. The van der Waals surface area contributed by atoms with E-state index in [1.165, 1.54) is 0 Å². The summed E-state index contributed by atoms with van der Waals surface area (Å²) in [5.41, 5.74) is 0. The first-order valence-electron chi connectivity index (χ1n) is 5.15. The van der Waals surface area contributed by atoms with E-state index in [1.54, 1.807) is 0 Å². The standard InChI is InChI=1S/C9H23NO2Si/c1-6-11-13(8-3,12-7-2)10-9(4)5/h9-10H,6-8H2,1-5H3. The van der Waals surface area contributed by atoms with Crippen LogP contribution in [0.15, 0.2) is 0 Å². The maximum Gasteiger partial charge on any atom is 0.424 e. The second kappa shape index (κ2) is 6.54. The van der Waals surface area contributed by atoms with E-state index in [4.69, 9.17) is 8.85 Å². The van der Waals surface area contributed by atoms with Crippen LogP contribution in [0.4, 0.5) is 0 Å². The first-order chi connectivity index (χ1) is 6.10.